The summed E-state index contributed by atoms with van der Waals surface area (Å²) >= 11 is 0. The van der Waals surface area contributed by atoms with Crippen molar-refractivity contribution in [2.45, 2.75) is 6.42 Å². The Bertz CT molecular complexity index is 522. The van der Waals surface area contributed by atoms with Crippen molar-refractivity contribution >= 4 is 11.4 Å². The van der Waals surface area contributed by atoms with E-state index in [-0.39, 0.29) is 12.2 Å². The van der Waals surface area contributed by atoms with E-state index >= 15 is 0 Å². The molecule has 2 aromatic rings. The lowest BCUT2D eigenvalue weighted by Crippen LogP contribution is -2.08. The lowest BCUT2D eigenvalue weighted by molar-refractivity contribution is 0.628. The van der Waals surface area contributed by atoms with Gasteiger partial charge in [-0.3, -0.25) is 0 Å². The van der Waals surface area contributed by atoms with Gasteiger partial charge in [-0.2, -0.15) is 5.21 Å². The van der Waals surface area contributed by atoms with Crippen LogP contribution in [0.3, 0.4) is 0 Å². The van der Waals surface area contributed by atoms with Gasteiger partial charge in [-0.05, 0) is 18.2 Å². The molecule has 88 valence electrons. The SMILES string of the molecule is CNc1cc(F)ccc1C(=N)Cc1nn[nH]n1. The first-order valence-electron chi connectivity index (χ1n) is 4.98. The molecule has 7 heteroatoms. The predicted octanol–water partition coefficient (Wildman–Crippen LogP) is 0.991. The number of hydrogen-bond donors (Lipinski definition) is 3. The maximum Gasteiger partial charge on any atom is 0.180 e. The smallest absolute Gasteiger partial charge is 0.180 e. The Morgan fingerprint density at radius 2 is 2.35 bits per heavy atom. The summed E-state index contributed by atoms with van der Waals surface area (Å²) in [5.41, 5.74) is 1.49. The molecule has 0 radical (unpaired) electrons. The molecule has 17 heavy (non-hydrogen) atoms. The van der Waals surface area contributed by atoms with Gasteiger partial charge in [-0.1, -0.05) is 5.21 Å². The molecule has 0 aliphatic carbocycles. The van der Waals surface area contributed by atoms with E-state index in [0.29, 0.717) is 22.8 Å². The Balaban J connectivity index is 2.24. The van der Waals surface area contributed by atoms with Crippen LogP contribution in [-0.2, 0) is 6.42 Å². The molecule has 2 rings (SSSR count). The van der Waals surface area contributed by atoms with Crippen molar-refractivity contribution in [3.63, 3.8) is 0 Å². The number of hydrogen-bond acceptors (Lipinski definition) is 5. The summed E-state index contributed by atoms with van der Waals surface area (Å²) in [6.45, 7) is 0. The highest BCUT2D eigenvalue weighted by atomic mass is 19.1. The molecule has 0 fully saturated rings. The van der Waals surface area contributed by atoms with Crippen LogP contribution >= 0.6 is 0 Å². The molecule has 0 atom stereocenters. The first kappa shape index (κ1) is 11.2. The Hall–Kier alpha value is -2.31. The van der Waals surface area contributed by atoms with Gasteiger partial charge in [0.25, 0.3) is 0 Å². The largest absolute Gasteiger partial charge is 0.387 e. The van der Waals surface area contributed by atoms with E-state index in [1.807, 2.05) is 0 Å². The highest BCUT2D eigenvalue weighted by molar-refractivity contribution is 6.03. The van der Waals surface area contributed by atoms with Crippen molar-refractivity contribution in [2.75, 3.05) is 12.4 Å². The fourth-order valence-electron chi connectivity index (χ4n) is 1.50. The summed E-state index contributed by atoms with van der Waals surface area (Å²) in [5, 5.41) is 24.1. The molecular weight excluding hydrogens is 223 g/mol. The second-order valence-electron chi connectivity index (χ2n) is 3.42. The van der Waals surface area contributed by atoms with Crippen molar-refractivity contribution in [1.29, 1.82) is 5.41 Å². The van der Waals surface area contributed by atoms with Gasteiger partial charge in [0.05, 0.1) is 6.42 Å². The van der Waals surface area contributed by atoms with Gasteiger partial charge < -0.3 is 10.7 Å². The number of aromatic nitrogens is 4. The molecule has 0 spiro atoms. The van der Waals surface area contributed by atoms with Gasteiger partial charge in [-0.15, -0.1) is 10.2 Å². The summed E-state index contributed by atoms with van der Waals surface area (Å²) < 4.78 is 13.0. The fraction of sp³-hybridized carbons (Fsp3) is 0.200. The zero-order chi connectivity index (χ0) is 12.3. The van der Waals surface area contributed by atoms with Crippen molar-refractivity contribution in [3.8, 4) is 0 Å². The number of H-pyrrole nitrogens is 1. The van der Waals surface area contributed by atoms with Gasteiger partial charge in [0, 0.05) is 24.0 Å². The minimum atomic E-state index is -0.342. The molecule has 0 unspecified atom stereocenters. The Labute approximate surface area is 96.8 Å². The van der Waals surface area contributed by atoms with Crippen LogP contribution in [0, 0.1) is 11.2 Å². The Morgan fingerprint density at radius 3 is 3.00 bits per heavy atom. The van der Waals surface area contributed by atoms with Crippen LogP contribution in [0.15, 0.2) is 18.2 Å². The molecule has 1 aromatic heterocycles. The van der Waals surface area contributed by atoms with Crippen LogP contribution in [0.5, 0.6) is 0 Å². The molecule has 6 nitrogen and oxygen atoms in total. The Morgan fingerprint density at radius 1 is 1.53 bits per heavy atom. The minimum Gasteiger partial charge on any atom is -0.387 e. The number of anilines is 1. The average molecular weight is 234 g/mol. The standard InChI is InChI=1S/C10H11FN6/c1-13-9-4-6(11)2-3-7(9)8(12)5-10-14-16-17-15-10/h2-4,12-13H,5H2,1H3,(H,14,15,16,17). The maximum absolute atomic E-state index is 13.0. The van der Waals surface area contributed by atoms with E-state index in [2.05, 4.69) is 25.9 Å². The lowest BCUT2D eigenvalue weighted by atomic mass is 10.0. The normalized spacial score (nSPS) is 10.2. The van der Waals surface area contributed by atoms with Gasteiger partial charge in [0.1, 0.15) is 5.82 Å². The Kier molecular flexibility index (Phi) is 3.08. The zero-order valence-electron chi connectivity index (χ0n) is 9.16. The molecule has 0 saturated heterocycles. The number of halogens is 1. The monoisotopic (exact) mass is 234 g/mol. The molecule has 0 aliphatic rings. The van der Waals surface area contributed by atoms with Crippen LogP contribution in [-0.4, -0.2) is 33.4 Å². The first-order chi connectivity index (χ1) is 8.20. The van der Waals surface area contributed by atoms with Crippen molar-refractivity contribution in [2.24, 2.45) is 0 Å². The van der Waals surface area contributed by atoms with E-state index in [1.54, 1.807) is 13.1 Å². The summed E-state index contributed by atoms with van der Waals surface area (Å²) in [4.78, 5) is 0. The minimum absolute atomic E-state index is 0.247. The van der Waals surface area contributed by atoms with Crippen LogP contribution < -0.4 is 5.32 Å². The molecule has 3 N–H and O–H groups in total. The zero-order valence-corrected chi connectivity index (χ0v) is 9.16. The van der Waals surface area contributed by atoms with Crippen molar-refractivity contribution < 1.29 is 4.39 Å². The number of nitrogens with one attached hydrogen (secondary N) is 3. The van der Waals surface area contributed by atoms with Gasteiger partial charge in [0.2, 0.25) is 0 Å². The molecule has 0 saturated carbocycles. The first-order valence-corrected chi connectivity index (χ1v) is 4.98. The number of aromatic amines is 1. The molecule has 0 amide bonds. The van der Waals surface area contributed by atoms with Crippen LogP contribution in [0.25, 0.3) is 0 Å². The highest BCUT2D eigenvalue weighted by Crippen LogP contribution is 2.18. The van der Waals surface area contributed by atoms with E-state index in [0.717, 1.165) is 0 Å². The molecule has 0 aliphatic heterocycles. The summed E-state index contributed by atoms with van der Waals surface area (Å²) in [6.07, 6.45) is 0.247. The van der Waals surface area contributed by atoms with Crippen molar-refractivity contribution in [3.05, 3.63) is 35.4 Å². The van der Waals surface area contributed by atoms with Gasteiger partial charge >= 0.3 is 0 Å². The topological polar surface area (TPSA) is 90.3 Å². The molecule has 1 aromatic carbocycles. The number of tetrazole rings is 1. The summed E-state index contributed by atoms with van der Waals surface area (Å²) in [5.74, 6) is 0.0897. The van der Waals surface area contributed by atoms with Crippen LogP contribution in [0.4, 0.5) is 10.1 Å². The second kappa shape index (κ2) is 4.69. The molecular formula is C10H11FN6. The molecule has 0 bridgehead atoms. The third-order valence-electron chi connectivity index (χ3n) is 2.30. The van der Waals surface area contributed by atoms with E-state index in [4.69, 9.17) is 5.41 Å². The average Bonchev–Trinajstić information content (AvgIpc) is 2.81. The number of benzene rings is 1. The van der Waals surface area contributed by atoms with Crippen molar-refractivity contribution in [1.82, 2.24) is 20.6 Å². The highest BCUT2D eigenvalue weighted by Gasteiger charge is 2.11. The van der Waals surface area contributed by atoms with E-state index in [1.165, 1.54) is 12.1 Å². The van der Waals surface area contributed by atoms with E-state index in [9.17, 15) is 4.39 Å². The maximum atomic E-state index is 13.0. The van der Waals surface area contributed by atoms with Gasteiger partial charge in [-0.25, -0.2) is 4.39 Å². The van der Waals surface area contributed by atoms with Crippen LogP contribution in [0.2, 0.25) is 0 Å². The lowest BCUT2D eigenvalue weighted by Gasteiger charge is -2.09. The summed E-state index contributed by atoms with van der Waals surface area (Å²) in [7, 11) is 1.68. The quantitative estimate of drug-likeness (QED) is 0.688. The van der Waals surface area contributed by atoms with Crippen LogP contribution in [0.1, 0.15) is 11.4 Å². The predicted molar refractivity (Wildman–Crippen MR) is 60.7 cm³/mol. The van der Waals surface area contributed by atoms with E-state index < -0.39 is 0 Å². The third-order valence-corrected chi connectivity index (χ3v) is 2.30. The summed E-state index contributed by atoms with van der Waals surface area (Å²) in [6, 6.07) is 4.23. The third kappa shape index (κ3) is 2.44. The number of nitrogens with zero attached hydrogens (tertiary/aromatic N) is 3. The number of rotatable bonds is 4. The fourth-order valence-corrected chi connectivity index (χ4v) is 1.50. The second-order valence-corrected chi connectivity index (χ2v) is 3.42. The van der Waals surface area contributed by atoms with Gasteiger partial charge in [0.15, 0.2) is 5.82 Å². The molecule has 1 heterocycles.